The third-order valence-electron chi connectivity index (χ3n) is 2.74. The number of hydrogen-bond donors (Lipinski definition) is 3. The number of carbonyl (C=O) groups excluding carboxylic acids is 1. The van der Waals surface area contributed by atoms with Gasteiger partial charge in [-0.3, -0.25) is 9.52 Å². The molecule has 1 rings (SSSR count). The maximum Gasteiger partial charge on any atom is 0.241 e. The van der Waals surface area contributed by atoms with E-state index in [-0.39, 0.29) is 11.7 Å². The Morgan fingerprint density at radius 2 is 1.75 bits per heavy atom. The van der Waals surface area contributed by atoms with Crippen molar-refractivity contribution in [1.82, 2.24) is 0 Å². The van der Waals surface area contributed by atoms with Gasteiger partial charge in [0.1, 0.15) is 0 Å². The molecule has 0 bridgehead atoms. The summed E-state index contributed by atoms with van der Waals surface area (Å²) in [4.78, 5) is 11.7. The summed E-state index contributed by atoms with van der Waals surface area (Å²) < 4.78 is 25.2. The van der Waals surface area contributed by atoms with Gasteiger partial charge in [0.05, 0.1) is 11.8 Å². The first-order chi connectivity index (χ1) is 9.38. The number of amides is 1. The van der Waals surface area contributed by atoms with Crippen LogP contribution in [0.15, 0.2) is 24.3 Å². The van der Waals surface area contributed by atoms with E-state index < -0.39 is 16.1 Å². The SMILES string of the molecule is CCCC(N)C(=O)Nc1ccc(NS(=O)(=O)CC)cc1. The third kappa shape index (κ3) is 5.18. The molecule has 0 aliphatic carbocycles. The number of anilines is 2. The highest BCUT2D eigenvalue weighted by Crippen LogP contribution is 2.15. The van der Waals surface area contributed by atoms with Crippen LogP contribution >= 0.6 is 0 Å². The Kier molecular flexibility index (Phi) is 5.97. The summed E-state index contributed by atoms with van der Waals surface area (Å²) in [6.07, 6.45) is 1.46. The zero-order chi connectivity index (χ0) is 15.2. The molecule has 0 aliphatic heterocycles. The fourth-order valence-corrected chi connectivity index (χ4v) is 2.19. The Bertz CT molecular complexity index is 540. The van der Waals surface area contributed by atoms with E-state index in [0.717, 1.165) is 6.42 Å². The normalized spacial score (nSPS) is 12.8. The highest BCUT2D eigenvalue weighted by Gasteiger charge is 2.12. The summed E-state index contributed by atoms with van der Waals surface area (Å²) in [7, 11) is -3.29. The summed E-state index contributed by atoms with van der Waals surface area (Å²) in [5, 5.41) is 2.69. The second kappa shape index (κ2) is 7.25. The molecule has 0 saturated carbocycles. The lowest BCUT2D eigenvalue weighted by atomic mass is 10.1. The van der Waals surface area contributed by atoms with Crippen molar-refractivity contribution < 1.29 is 13.2 Å². The molecule has 7 heteroatoms. The summed E-state index contributed by atoms with van der Waals surface area (Å²) in [6, 6.07) is 5.91. The highest BCUT2D eigenvalue weighted by molar-refractivity contribution is 7.92. The quantitative estimate of drug-likeness (QED) is 0.710. The molecule has 112 valence electrons. The van der Waals surface area contributed by atoms with E-state index in [4.69, 9.17) is 5.73 Å². The molecule has 1 aromatic carbocycles. The van der Waals surface area contributed by atoms with Gasteiger partial charge in [-0.25, -0.2) is 8.42 Å². The topological polar surface area (TPSA) is 101 Å². The lowest BCUT2D eigenvalue weighted by Crippen LogP contribution is -2.35. The molecule has 0 radical (unpaired) electrons. The molecule has 1 aromatic rings. The smallest absolute Gasteiger partial charge is 0.241 e. The van der Waals surface area contributed by atoms with Crippen molar-refractivity contribution in [2.45, 2.75) is 32.7 Å². The van der Waals surface area contributed by atoms with E-state index in [2.05, 4.69) is 10.0 Å². The molecule has 1 atom stereocenters. The summed E-state index contributed by atoms with van der Waals surface area (Å²) in [6.45, 7) is 3.52. The van der Waals surface area contributed by atoms with Gasteiger partial charge in [0.2, 0.25) is 15.9 Å². The summed E-state index contributed by atoms with van der Waals surface area (Å²) in [5.74, 6) is -0.231. The van der Waals surface area contributed by atoms with Crippen molar-refractivity contribution >= 4 is 27.3 Å². The number of hydrogen-bond acceptors (Lipinski definition) is 4. The van der Waals surface area contributed by atoms with Crippen LogP contribution in [0.1, 0.15) is 26.7 Å². The lowest BCUT2D eigenvalue weighted by Gasteiger charge is -2.12. The molecule has 0 heterocycles. The van der Waals surface area contributed by atoms with Gasteiger partial charge < -0.3 is 11.1 Å². The lowest BCUT2D eigenvalue weighted by molar-refractivity contribution is -0.117. The van der Waals surface area contributed by atoms with Crippen LogP contribution in [0.4, 0.5) is 11.4 Å². The van der Waals surface area contributed by atoms with Crippen molar-refractivity contribution in [1.29, 1.82) is 0 Å². The summed E-state index contributed by atoms with van der Waals surface area (Å²) in [5.41, 5.74) is 6.75. The van der Waals surface area contributed by atoms with Crippen LogP contribution in [0.3, 0.4) is 0 Å². The maximum absolute atomic E-state index is 11.7. The van der Waals surface area contributed by atoms with Gasteiger partial charge in [0.15, 0.2) is 0 Å². The molecule has 0 spiro atoms. The minimum absolute atomic E-state index is 0.0113. The average molecular weight is 299 g/mol. The van der Waals surface area contributed by atoms with Gasteiger partial charge in [0, 0.05) is 11.4 Å². The van der Waals surface area contributed by atoms with Crippen LogP contribution in [0.25, 0.3) is 0 Å². The Labute approximate surface area is 119 Å². The molecule has 0 saturated heterocycles. The second-order valence-electron chi connectivity index (χ2n) is 4.47. The largest absolute Gasteiger partial charge is 0.325 e. The number of sulfonamides is 1. The standard InChI is InChI=1S/C13H21N3O3S/c1-3-5-12(14)13(17)15-10-6-8-11(9-7-10)16-20(18,19)4-2/h6-9,12,16H,3-5,14H2,1-2H3,(H,15,17). The Hall–Kier alpha value is -1.60. The van der Waals surface area contributed by atoms with E-state index in [9.17, 15) is 13.2 Å². The van der Waals surface area contributed by atoms with Crippen molar-refractivity contribution in [3.05, 3.63) is 24.3 Å². The fourth-order valence-electron chi connectivity index (χ4n) is 1.55. The number of rotatable bonds is 7. The van der Waals surface area contributed by atoms with Crippen molar-refractivity contribution in [2.24, 2.45) is 5.73 Å². The molecule has 4 N–H and O–H groups in total. The van der Waals surface area contributed by atoms with Crippen LogP contribution in [-0.4, -0.2) is 26.1 Å². The summed E-state index contributed by atoms with van der Waals surface area (Å²) >= 11 is 0. The van der Waals surface area contributed by atoms with E-state index in [0.29, 0.717) is 17.8 Å². The van der Waals surface area contributed by atoms with Crippen molar-refractivity contribution in [3.63, 3.8) is 0 Å². The zero-order valence-corrected chi connectivity index (χ0v) is 12.5. The minimum atomic E-state index is -3.29. The Morgan fingerprint density at radius 1 is 1.20 bits per heavy atom. The van der Waals surface area contributed by atoms with E-state index in [1.54, 1.807) is 31.2 Å². The molecular weight excluding hydrogens is 278 g/mol. The molecule has 0 aromatic heterocycles. The molecule has 0 fully saturated rings. The molecule has 0 aliphatic rings. The van der Waals surface area contributed by atoms with Crippen LogP contribution < -0.4 is 15.8 Å². The third-order valence-corrected chi connectivity index (χ3v) is 4.05. The van der Waals surface area contributed by atoms with Crippen molar-refractivity contribution in [2.75, 3.05) is 15.8 Å². The first-order valence-electron chi connectivity index (χ1n) is 6.55. The first kappa shape index (κ1) is 16.5. The zero-order valence-electron chi connectivity index (χ0n) is 11.7. The van der Waals surface area contributed by atoms with Gasteiger partial charge in [-0.15, -0.1) is 0 Å². The highest BCUT2D eigenvalue weighted by atomic mass is 32.2. The fraction of sp³-hybridized carbons (Fsp3) is 0.462. The van der Waals surface area contributed by atoms with E-state index >= 15 is 0 Å². The predicted molar refractivity (Wildman–Crippen MR) is 81.0 cm³/mol. The number of carbonyl (C=O) groups is 1. The molecular formula is C13H21N3O3S. The Balaban J connectivity index is 2.65. The monoisotopic (exact) mass is 299 g/mol. The molecule has 1 amide bonds. The van der Waals surface area contributed by atoms with E-state index in [1.807, 2.05) is 6.92 Å². The Morgan fingerprint density at radius 3 is 2.25 bits per heavy atom. The van der Waals surface area contributed by atoms with E-state index in [1.165, 1.54) is 0 Å². The second-order valence-corrected chi connectivity index (χ2v) is 6.48. The van der Waals surface area contributed by atoms with Crippen LogP contribution in [0.2, 0.25) is 0 Å². The van der Waals surface area contributed by atoms with Gasteiger partial charge in [-0.1, -0.05) is 13.3 Å². The van der Waals surface area contributed by atoms with Gasteiger partial charge in [-0.05, 0) is 37.6 Å². The van der Waals surface area contributed by atoms with Crippen LogP contribution in [0.5, 0.6) is 0 Å². The van der Waals surface area contributed by atoms with Crippen molar-refractivity contribution in [3.8, 4) is 0 Å². The van der Waals surface area contributed by atoms with Gasteiger partial charge in [-0.2, -0.15) is 0 Å². The maximum atomic E-state index is 11.7. The average Bonchev–Trinajstić information content (AvgIpc) is 2.41. The number of benzene rings is 1. The van der Waals surface area contributed by atoms with Gasteiger partial charge in [0.25, 0.3) is 0 Å². The van der Waals surface area contributed by atoms with Crippen LogP contribution in [0, 0.1) is 0 Å². The first-order valence-corrected chi connectivity index (χ1v) is 8.20. The predicted octanol–water partition coefficient (Wildman–Crippen LogP) is 1.51. The number of nitrogens with two attached hydrogens (primary N) is 1. The number of nitrogens with one attached hydrogen (secondary N) is 2. The molecule has 20 heavy (non-hydrogen) atoms. The molecule has 1 unspecified atom stereocenters. The molecule has 6 nitrogen and oxygen atoms in total. The van der Waals surface area contributed by atoms with Crippen LogP contribution in [-0.2, 0) is 14.8 Å². The minimum Gasteiger partial charge on any atom is -0.325 e. The van der Waals surface area contributed by atoms with Gasteiger partial charge >= 0.3 is 0 Å².